The van der Waals surface area contributed by atoms with Crippen molar-refractivity contribution in [1.29, 1.82) is 0 Å². The second-order valence-corrected chi connectivity index (χ2v) is 3.83. The first-order valence-electron chi connectivity index (χ1n) is 4.99. The number of primary amides is 1. The Hall–Kier alpha value is -1.86. The van der Waals surface area contributed by atoms with Gasteiger partial charge in [0.15, 0.2) is 0 Å². The van der Waals surface area contributed by atoms with Gasteiger partial charge in [0.2, 0.25) is 5.91 Å². The number of nitrogens with two attached hydrogens (primary N) is 1. The minimum absolute atomic E-state index is 0.0106. The number of benzene rings is 1. The van der Waals surface area contributed by atoms with Gasteiger partial charge in [-0.3, -0.25) is 14.9 Å². The summed E-state index contributed by atoms with van der Waals surface area (Å²) in [5, 5.41) is 13.3. The van der Waals surface area contributed by atoms with Crippen LogP contribution in [0.4, 0.5) is 5.69 Å². The van der Waals surface area contributed by atoms with Crippen molar-refractivity contribution in [1.82, 2.24) is 5.32 Å². The van der Waals surface area contributed by atoms with Gasteiger partial charge in [-0.15, -0.1) is 0 Å². The van der Waals surface area contributed by atoms with Crippen LogP contribution in [0.25, 0.3) is 0 Å². The number of nitrogens with one attached hydrogen (secondary N) is 1. The van der Waals surface area contributed by atoms with Crippen molar-refractivity contribution in [2.45, 2.75) is 6.04 Å². The quantitative estimate of drug-likeness (QED) is 0.586. The van der Waals surface area contributed by atoms with Gasteiger partial charge in [0.1, 0.15) is 18.4 Å². The molecule has 1 amide bonds. The van der Waals surface area contributed by atoms with E-state index in [1.165, 1.54) is 18.2 Å². The first-order valence-corrected chi connectivity index (χ1v) is 5.36. The fraction of sp³-hybridized carbons (Fsp3) is 0.300. The minimum atomic E-state index is -0.656. The van der Waals surface area contributed by atoms with Crippen LogP contribution in [-0.4, -0.2) is 30.5 Å². The highest BCUT2D eigenvalue weighted by Crippen LogP contribution is 2.28. The van der Waals surface area contributed by atoms with E-state index in [-0.39, 0.29) is 23.1 Å². The number of amides is 1. The third-order valence-electron chi connectivity index (χ3n) is 2.22. The van der Waals surface area contributed by atoms with Crippen LogP contribution in [-0.2, 0) is 4.79 Å². The Morgan fingerprint density at radius 2 is 2.33 bits per heavy atom. The number of nitro benzene ring substituents is 1. The van der Waals surface area contributed by atoms with Crippen LogP contribution >= 0.6 is 11.6 Å². The van der Waals surface area contributed by atoms with Crippen LogP contribution in [0.15, 0.2) is 18.2 Å². The van der Waals surface area contributed by atoms with Gasteiger partial charge >= 0.3 is 0 Å². The Kier molecular flexibility index (Phi) is 4.87. The van der Waals surface area contributed by atoms with E-state index < -0.39 is 16.9 Å². The zero-order valence-electron chi connectivity index (χ0n) is 9.55. The molecule has 1 aromatic carbocycles. The summed E-state index contributed by atoms with van der Waals surface area (Å²) in [6.45, 7) is -0.0106. The molecule has 0 saturated carbocycles. The standard InChI is InChI=1S/C10H12ClN3O4/c1-13-8(10(12)15)5-18-9-3-2-6(14(16)17)4-7(9)11/h2-4,8,13H,5H2,1H3,(H2,12,15). The molecule has 0 bridgehead atoms. The molecule has 0 fully saturated rings. The molecule has 7 nitrogen and oxygen atoms in total. The summed E-state index contributed by atoms with van der Waals surface area (Å²) in [6.07, 6.45) is 0. The molecule has 8 heteroatoms. The van der Waals surface area contributed by atoms with Crippen molar-refractivity contribution in [2.75, 3.05) is 13.7 Å². The lowest BCUT2D eigenvalue weighted by molar-refractivity contribution is -0.384. The normalized spacial score (nSPS) is 11.9. The molecule has 18 heavy (non-hydrogen) atoms. The zero-order valence-corrected chi connectivity index (χ0v) is 10.3. The molecule has 0 aromatic heterocycles. The van der Waals surface area contributed by atoms with Crippen LogP contribution in [0.3, 0.4) is 0 Å². The lowest BCUT2D eigenvalue weighted by Crippen LogP contribution is -2.43. The molecule has 0 spiro atoms. The van der Waals surface area contributed by atoms with Gasteiger partial charge in [0.25, 0.3) is 5.69 Å². The van der Waals surface area contributed by atoms with Crippen molar-refractivity contribution in [2.24, 2.45) is 5.73 Å². The maximum absolute atomic E-state index is 10.9. The summed E-state index contributed by atoms with van der Waals surface area (Å²) in [7, 11) is 1.57. The Morgan fingerprint density at radius 3 is 2.78 bits per heavy atom. The number of likely N-dealkylation sites (N-methyl/N-ethyl adjacent to an activating group) is 1. The summed E-state index contributed by atoms with van der Waals surface area (Å²) in [5.74, 6) is -0.306. The highest BCUT2D eigenvalue weighted by Gasteiger charge is 2.15. The molecule has 3 N–H and O–H groups in total. The van der Waals surface area contributed by atoms with E-state index in [1.807, 2.05) is 0 Å². The molecule has 1 rings (SSSR count). The predicted octanol–water partition coefficient (Wildman–Crippen LogP) is 0.700. The lowest BCUT2D eigenvalue weighted by atomic mass is 10.3. The number of hydrogen-bond acceptors (Lipinski definition) is 5. The number of hydrogen-bond donors (Lipinski definition) is 2. The summed E-state index contributed by atoms with van der Waals surface area (Å²) in [4.78, 5) is 20.9. The molecule has 0 radical (unpaired) electrons. The molecule has 0 aliphatic rings. The largest absolute Gasteiger partial charge is 0.490 e. The Morgan fingerprint density at radius 1 is 1.67 bits per heavy atom. The van der Waals surface area contributed by atoms with Crippen LogP contribution in [0.5, 0.6) is 5.75 Å². The lowest BCUT2D eigenvalue weighted by Gasteiger charge is -2.14. The van der Waals surface area contributed by atoms with E-state index in [9.17, 15) is 14.9 Å². The van der Waals surface area contributed by atoms with E-state index in [4.69, 9.17) is 22.1 Å². The SMILES string of the molecule is CNC(COc1ccc([N+](=O)[O-])cc1Cl)C(N)=O. The molecule has 0 aliphatic carbocycles. The Bertz CT molecular complexity index is 466. The molecule has 0 aliphatic heterocycles. The molecule has 1 aromatic rings. The average molecular weight is 274 g/mol. The highest BCUT2D eigenvalue weighted by atomic mass is 35.5. The third-order valence-corrected chi connectivity index (χ3v) is 2.52. The number of halogens is 1. The number of nitrogens with zero attached hydrogens (tertiary/aromatic N) is 1. The summed E-state index contributed by atoms with van der Waals surface area (Å²) in [6, 6.07) is 3.15. The van der Waals surface area contributed by atoms with Gasteiger partial charge < -0.3 is 15.8 Å². The summed E-state index contributed by atoms with van der Waals surface area (Å²) in [5.41, 5.74) is 4.98. The van der Waals surface area contributed by atoms with E-state index in [0.717, 1.165) is 0 Å². The fourth-order valence-corrected chi connectivity index (χ4v) is 1.43. The summed E-state index contributed by atoms with van der Waals surface area (Å²) < 4.78 is 5.27. The van der Waals surface area contributed by atoms with E-state index in [1.54, 1.807) is 7.05 Å². The minimum Gasteiger partial charge on any atom is -0.490 e. The van der Waals surface area contributed by atoms with Gasteiger partial charge in [0, 0.05) is 12.1 Å². The Balaban J connectivity index is 2.74. The number of carbonyl (C=O) groups is 1. The maximum Gasteiger partial charge on any atom is 0.271 e. The first-order chi connectivity index (χ1) is 8.45. The number of ether oxygens (including phenoxy) is 1. The number of rotatable bonds is 6. The maximum atomic E-state index is 10.9. The molecule has 98 valence electrons. The molecular weight excluding hydrogens is 262 g/mol. The van der Waals surface area contributed by atoms with Gasteiger partial charge in [-0.25, -0.2) is 0 Å². The van der Waals surface area contributed by atoms with Crippen LogP contribution in [0.1, 0.15) is 0 Å². The smallest absolute Gasteiger partial charge is 0.271 e. The van der Waals surface area contributed by atoms with Gasteiger partial charge in [0.05, 0.1) is 9.95 Å². The second-order valence-electron chi connectivity index (χ2n) is 3.43. The fourth-order valence-electron chi connectivity index (χ4n) is 1.20. The molecule has 0 saturated heterocycles. The molecular formula is C10H12ClN3O4. The number of nitro groups is 1. The van der Waals surface area contributed by atoms with Gasteiger partial charge in [-0.05, 0) is 13.1 Å². The van der Waals surface area contributed by atoms with E-state index in [2.05, 4.69) is 5.32 Å². The van der Waals surface area contributed by atoms with Crippen LogP contribution in [0.2, 0.25) is 5.02 Å². The van der Waals surface area contributed by atoms with Crippen molar-refractivity contribution in [3.8, 4) is 5.75 Å². The number of carbonyl (C=O) groups excluding carboxylic acids is 1. The second kappa shape index (κ2) is 6.18. The number of non-ortho nitro benzene ring substituents is 1. The van der Waals surface area contributed by atoms with E-state index in [0.29, 0.717) is 0 Å². The van der Waals surface area contributed by atoms with Crippen molar-refractivity contribution in [3.63, 3.8) is 0 Å². The van der Waals surface area contributed by atoms with Crippen LogP contribution < -0.4 is 15.8 Å². The van der Waals surface area contributed by atoms with E-state index >= 15 is 0 Å². The van der Waals surface area contributed by atoms with Crippen LogP contribution in [0, 0.1) is 10.1 Å². The van der Waals surface area contributed by atoms with Crippen molar-refractivity contribution in [3.05, 3.63) is 33.3 Å². The molecule has 0 heterocycles. The summed E-state index contributed by atoms with van der Waals surface area (Å²) >= 11 is 5.81. The average Bonchev–Trinajstić information content (AvgIpc) is 2.30. The zero-order chi connectivity index (χ0) is 13.7. The van der Waals surface area contributed by atoms with Crippen molar-refractivity contribution >= 4 is 23.2 Å². The molecule has 1 atom stereocenters. The topological polar surface area (TPSA) is 107 Å². The van der Waals surface area contributed by atoms with Gasteiger partial charge in [-0.2, -0.15) is 0 Å². The Labute approximate surface area is 108 Å². The monoisotopic (exact) mass is 273 g/mol. The van der Waals surface area contributed by atoms with Gasteiger partial charge in [-0.1, -0.05) is 11.6 Å². The third kappa shape index (κ3) is 3.57. The highest BCUT2D eigenvalue weighted by molar-refractivity contribution is 6.32. The first kappa shape index (κ1) is 14.2. The predicted molar refractivity (Wildman–Crippen MR) is 65.6 cm³/mol. The molecule has 1 unspecified atom stereocenters. The van der Waals surface area contributed by atoms with Crippen molar-refractivity contribution < 1.29 is 14.5 Å².